The summed E-state index contributed by atoms with van der Waals surface area (Å²) < 4.78 is 0. The van der Waals surface area contributed by atoms with Gasteiger partial charge in [-0.1, -0.05) is 0 Å². The van der Waals surface area contributed by atoms with E-state index in [0.717, 1.165) is 32.6 Å². The highest BCUT2D eigenvalue weighted by Crippen LogP contribution is 2.33. The van der Waals surface area contributed by atoms with E-state index in [4.69, 9.17) is 0 Å². The molecule has 1 aliphatic carbocycles. The summed E-state index contributed by atoms with van der Waals surface area (Å²) in [7, 11) is 0. The van der Waals surface area contributed by atoms with E-state index in [0.29, 0.717) is 0 Å². The minimum Gasteiger partial charge on any atom is -0.348 e. The maximum Gasteiger partial charge on any atom is 0.240 e. The van der Waals surface area contributed by atoms with Crippen LogP contribution in [0.5, 0.6) is 0 Å². The molecular weight excluding hydrogens is 282 g/mol. The minimum atomic E-state index is -0.435. The average molecular weight is 307 g/mol. The summed E-state index contributed by atoms with van der Waals surface area (Å²) in [5, 5.41) is 8.80. The number of hydrogen-bond donors (Lipinski definition) is 2. The number of thiophene rings is 1. The number of piperazine rings is 1. The van der Waals surface area contributed by atoms with Crippen molar-refractivity contribution in [1.29, 1.82) is 0 Å². The number of nitrogens with one attached hydrogen (secondary N) is 2. The van der Waals surface area contributed by atoms with Gasteiger partial charge in [0.1, 0.15) is 0 Å². The van der Waals surface area contributed by atoms with Gasteiger partial charge in [-0.15, -0.1) is 11.3 Å². The molecule has 0 saturated carbocycles. The number of aryl methyl sites for hydroxylation is 1. The number of hydrogen-bond acceptors (Lipinski definition) is 4. The highest BCUT2D eigenvalue weighted by Gasteiger charge is 2.36. The van der Waals surface area contributed by atoms with Crippen molar-refractivity contribution < 1.29 is 4.79 Å². The quantitative estimate of drug-likeness (QED) is 0.897. The van der Waals surface area contributed by atoms with Gasteiger partial charge in [-0.3, -0.25) is 9.69 Å². The molecule has 0 radical (unpaired) electrons. The summed E-state index contributed by atoms with van der Waals surface area (Å²) in [4.78, 5) is 16.5. The molecule has 1 atom stereocenters. The number of carbonyl (C=O) groups is 1. The van der Waals surface area contributed by atoms with Gasteiger partial charge in [0.25, 0.3) is 0 Å². The second-order valence-electron chi connectivity index (χ2n) is 6.51. The lowest BCUT2D eigenvalue weighted by Gasteiger charge is -2.40. The van der Waals surface area contributed by atoms with Crippen LogP contribution in [-0.2, 0) is 11.2 Å². The van der Waals surface area contributed by atoms with Crippen LogP contribution in [-0.4, -0.2) is 42.5 Å². The third-order valence-corrected chi connectivity index (χ3v) is 5.82. The summed E-state index contributed by atoms with van der Waals surface area (Å²) >= 11 is 1.82. The van der Waals surface area contributed by atoms with Crippen molar-refractivity contribution in [2.75, 3.05) is 26.2 Å². The summed E-state index contributed by atoms with van der Waals surface area (Å²) in [6, 6.07) is 2.39. The number of amides is 1. The van der Waals surface area contributed by atoms with Crippen LogP contribution >= 0.6 is 11.3 Å². The predicted octanol–water partition coefficient (Wildman–Crippen LogP) is 1.93. The fourth-order valence-corrected chi connectivity index (χ4v) is 4.33. The van der Waals surface area contributed by atoms with Crippen LogP contribution in [0.1, 0.15) is 43.2 Å². The predicted molar refractivity (Wildman–Crippen MR) is 86.7 cm³/mol. The standard InChI is InChI=1S/C16H25N3OS/c1-16(2,19-9-7-17-8-10-19)15(20)18-13-4-3-5-14-12(13)6-11-21-14/h6,11,13,17H,3-5,7-10H2,1-2H3,(H,18,20). The zero-order chi connectivity index (χ0) is 14.9. The molecule has 1 aliphatic heterocycles. The Kier molecular flexibility index (Phi) is 4.33. The Balaban J connectivity index is 1.69. The fourth-order valence-electron chi connectivity index (χ4n) is 3.34. The molecular formula is C16H25N3OS. The van der Waals surface area contributed by atoms with Crippen molar-refractivity contribution >= 4 is 17.2 Å². The first-order valence-electron chi connectivity index (χ1n) is 7.92. The second kappa shape index (κ2) is 6.07. The molecule has 0 bridgehead atoms. The lowest BCUT2D eigenvalue weighted by atomic mass is 9.92. The van der Waals surface area contributed by atoms with Crippen LogP contribution in [0.4, 0.5) is 0 Å². The van der Waals surface area contributed by atoms with Crippen molar-refractivity contribution in [3.05, 3.63) is 21.9 Å². The molecule has 0 spiro atoms. The number of carbonyl (C=O) groups excluding carboxylic acids is 1. The van der Waals surface area contributed by atoms with E-state index < -0.39 is 5.54 Å². The lowest BCUT2D eigenvalue weighted by Crippen LogP contribution is -2.60. The van der Waals surface area contributed by atoms with Crippen LogP contribution in [0.3, 0.4) is 0 Å². The van der Waals surface area contributed by atoms with E-state index in [1.165, 1.54) is 23.3 Å². The lowest BCUT2D eigenvalue weighted by molar-refractivity contribution is -0.133. The topological polar surface area (TPSA) is 44.4 Å². The number of rotatable bonds is 3. The molecule has 1 aromatic heterocycles. The van der Waals surface area contributed by atoms with Crippen molar-refractivity contribution in [2.45, 2.75) is 44.7 Å². The third kappa shape index (κ3) is 3.00. The molecule has 1 amide bonds. The van der Waals surface area contributed by atoms with E-state index in [1.807, 2.05) is 25.2 Å². The monoisotopic (exact) mass is 307 g/mol. The molecule has 21 heavy (non-hydrogen) atoms. The normalized spacial score (nSPS) is 23.6. The van der Waals surface area contributed by atoms with Gasteiger partial charge in [0, 0.05) is 31.1 Å². The highest BCUT2D eigenvalue weighted by atomic mass is 32.1. The molecule has 1 fully saturated rings. The maximum absolute atomic E-state index is 12.8. The Bertz CT molecular complexity index is 505. The summed E-state index contributed by atoms with van der Waals surface area (Å²) in [5.41, 5.74) is 0.908. The first-order valence-corrected chi connectivity index (χ1v) is 8.80. The molecule has 1 aromatic rings. The summed E-state index contributed by atoms with van der Waals surface area (Å²) in [6.45, 7) is 7.91. The Hall–Kier alpha value is -0.910. The molecule has 3 rings (SSSR count). The molecule has 1 saturated heterocycles. The molecule has 2 N–H and O–H groups in total. The van der Waals surface area contributed by atoms with Gasteiger partial charge in [-0.25, -0.2) is 0 Å². The van der Waals surface area contributed by atoms with Crippen LogP contribution in [0.15, 0.2) is 11.4 Å². The van der Waals surface area contributed by atoms with E-state index in [1.54, 1.807) is 0 Å². The van der Waals surface area contributed by atoms with Crippen LogP contribution in [0.2, 0.25) is 0 Å². The maximum atomic E-state index is 12.8. The van der Waals surface area contributed by atoms with E-state index >= 15 is 0 Å². The molecule has 116 valence electrons. The Morgan fingerprint density at radius 2 is 2.19 bits per heavy atom. The zero-order valence-corrected chi connectivity index (χ0v) is 13.8. The van der Waals surface area contributed by atoms with Crippen molar-refractivity contribution in [3.63, 3.8) is 0 Å². The van der Waals surface area contributed by atoms with Crippen molar-refractivity contribution in [1.82, 2.24) is 15.5 Å². The largest absolute Gasteiger partial charge is 0.348 e. The van der Waals surface area contributed by atoms with Gasteiger partial charge >= 0.3 is 0 Å². The minimum absolute atomic E-state index is 0.161. The van der Waals surface area contributed by atoms with Crippen molar-refractivity contribution in [3.8, 4) is 0 Å². The van der Waals surface area contributed by atoms with E-state index in [9.17, 15) is 4.79 Å². The SMILES string of the molecule is CC(C)(C(=O)NC1CCCc2sccc21)N1CCNCC1. The zero-order valence-electron chi connectivity index (χ0n) is 12.9. The molecule has 2 heterocycles. The van der Waals surface area contributed by atoms with Gasteiger partial charge in [-0.05, 0) is 50.1 Å². The van der Waals surface area contributed by atoms with Crippen LogP contribution < -0.4 is 10.6 Å². The van der Waals surface area contributed by atoms with Crippen LogP contribution in [0, 0.1) is 0 Å². The Morgan fingerprint density at radius 3 is 2.95 bits per heavy atom. The van der Waals surface area contributed by atoms with E-state index in [-0.39, 0.29) is 11.9 Å². The third-order valence-electron chi connectivity index (χ3n) is 4.82. The van der Waals surface area contributed by atoms with Crippen LogP contribution in [0.25, 0.3) is 0 Å². The van der Waals surface area contributed by atoms with Gasteiger partial charge in [0.15, 0.2) is 0 Å². The molecule has 0 aromatic carbocycles. The second-order valence-corrected chi connectivity index (χ2v) is 7.51. The highest BCUT2D eigenvalue weighted by molar-refractivity contribution is 7.10. The van der Waals surface area contributed by atoms with Crippen molar-refractivity contribution in [2.24, 2.45) is 0 Å². The average Bonchev–Trinajstić information content (AvgIpc) is 2.97. The summed E-state index contributed by atoms with van der Waals surface area (Å²) in [6.07, 6.45) is 3.40. The first-order chi connectivity index (χ1) is 10.1. The van der Waals surface area contributed by atoms with Gasteiger partial charge in [-0.2, -0.15) is 0 Å². The molecule has 5 heteroatoms. The smallest absolute Gasteiger partial charge is 0.240 e. The molecule has 4 nitrogen and oxygen atoms in total. The van der Waals surface area contributed by atoms with E-state index in [2.05, 4.69) is 27.0 Å². The summed E-state index contributed by atoms with van der Waals surface area (Å²) in [5.74, 6) is 0.161. The number of fused-ring (bicyclic) bond motifs is 1. The van der Waals surface area contributed by atoms with Gasteiger partial charge in [0.05, 0.1) is 11.6 Å². The molecule has 1 unspecified atom stereocenters. The van der Waals surface area contributed by atoms with Gasteiger partial charge < -0.3 is 10.6 Å². The number of nitrogens with zero attached hydrogens (tertiary/aromatic N) is 1. The fraction of sp³-hybridized carbons (Fsp3) is 0.688. The van der Waals surface area contributed by atoms with Gasteiger partial charge in [0.2, 0.25) is 5.91 Å². The Morgan fingerprint density at radius 1 is 1.43 bits per heavy atom. The first kappa shape index (κ1) is 15.0. The molecule has 2 aliphatic rings. The Labute approximate surface area is 130 Å².